The molecular formula is C16H18Cl2NORu+. The first-order valence-electron chi connectivity index (χ1n) is 6.61. The molecule has 0 radical (unpaired) electrons. The van der Waals surface area contributed by atoms with Gasteiger partial charge in [-0.05, 0) is 0 Å². The van der Waals surface area contributed by atoms with Crippen LogP contribution in [-0.4, -0.2) is 10.7 Å². The van der Waals surface area contributed by atoms with Crippen LogP contribution in [0.15, 0.2) is 48.8 Å². The Labute approximate surface area is 138 Å². The first-order valence-corrected chi connectivity index (χ1v) is 12.1. The first-order chi connectivity index (χ1) is 10.0. The van der Waals surface area contributed by atoms with Crippen molar-refractivity contribution >= 4 is 24.0 Å². The molecule has 2 nitrogen and oxygen atoms in total. The fourth-order valence-corrected chi connectivity index (χ4v) is 3.76. The summed E-state index contributed by atoms with van der Waals surface area (Å²) in [4.78, 5) is 0. The molecule has 0 fully saturated rings. The molecule has 0 amide bonds. The van der Waals surface area contributed by atoms with E-state index in [1.165, 1.54) is 5.56 Å². The molecule has 2 aromatic rings. The average Bonchev–Trinajstić information content (AvgIpc) is 2.42. The van der Waals surface area contributed by atoms with E-state index in [1.807, 2.05) is 55.1 Å². The van der Waals surface area contributed by atoms with Gasteiger partial charge in [0.05, 0.1) is 0 Å². The summed E-state index contributed by atoms with van der Waals surface area (Å²) in [7, 11) is 12.1. The van der Waals surface area contributed by atoms with E-state index in [-0.39, 0.29) is 6.10 Å². The fraction of sp³-hybridized carbons (Fsp3) is 0.250. The molecule has 114 valence electrons. The number of hydrogen-bond donors (Lipinski definition) is 0. The molecule has 0 bridgehead atoms. The van der Waals surface area contributed by atoms with Crippen molar-refractivity contribution < 1.29 is 22.8 Å². The second-order valence-corrected chi connectivity index (χ2v) is 10.6. The van der Waals surface area contributed by atoms with E-state index in [9.17, 15) is 0 Å². The zero-order chi connectivity index (χ0) is 15.2. The van der Waals surface area contributed by atoms with Crippen molar-refractivity contribution in [2.45, 2.75) is 26.5 Å². The van der Waals surface area contributed by atoms with Crippen LogP contribution in [0, 0.1) is 0 Å². The second kappa shape index (κ2) is 8.03. The Bertz CT molecular complexity index is 625. The summed E-state index contributed by atoms with van der Waals surface area (Å²) >= 11 is -1.88. The minimum atomic E-state index is -1.88. The van der Waals surface area contributed by atoms with Gasteiger partial charge in [-0.1, -0.05) is 0 Å². The van der Waals surface area contributed by atoms with Gasteiger partial charge in [0.1, 0.15) is 0 Å². The topological polar surface area (TPSA) is 13.1 Å². The van der Waals surface area contributed by atoms with Crippen molar-refractivity contribution in [1.82, 2.24) is 0 Å². The number of rotatable bonds is 5. The van der Waals surface area contributed by atoms with Gasteiger partial charge in [-0.3, -0.25) is 0 Å². The standard InChI is InChI=1S/C16H18NO.2ClH.Ru/c1-13(2)18-16-8-7-15(11-14(16)3)12-17-9-5-4-6-10-17;;;/h3-11,13H,12H2,1-2H3;2*1H;/q+1;;;+2/p-2. The third kappa shape index (κ3) is 5.50. The van der Waals surface area contributed by atoms with Crippen LogP contribution in [0.3, 0.4) is 0 Å². The molecule has 5 heteroatoms. The molecule has 0 aliphatic rings. The number of pyridine rings is 1. The van der Waals surface area contributed by atoms with E-state index in [2.05, 4.69) is 16.7 Å². The van der Waals surface area contributed by atoms with Crippen LogP contribution in [0.25, 0.3) is 0 Å². The van der Waals surface area contributed by atoms with Crippen molar-refractivity contribution in [3.05, 3.63) is 59.9 Å². The predicted octanol–water partition coefficient (Wildman–Crippen LogP) is 3.89. The van der Waals surface area contributed by atoms with Crippen LogP contribution in [0.1, 0.15) is 25.0 Å². The zero-order valence-electron chi connectivity index (χ0n) is 11.9. The minimum absolute atomic E-state index is 0.123. The molecule has 0 atom stereocenters. The second-order valence-electron chi connectivity index (χ2n) is 4.89. The Hall–Kier alpha value is -0.757. The molecule has 1 aromatic carbocycles. The number of hydrogen-bond acceptors (Lipinski definition) is 1. The van der Waals surface area contributed by atoms with Crippen LogP contribution >= 0.6 is 19.4 Å². The Morgan fingerprint density at radius 2 is 1.90 bits per heavy atom. The number of halogens is 2. The SMILES string of the molecule is CC(C)Oc1ccc(C[n+]2ccccc2)cc1[CH]=[Ru]([Cl])[Cl]. The van der Waals surface area contributed by atoms with Crippen molar-refractivity contribution in [3.63, 3.8) is 0 Å². The van der Waals surface area contributed by atoms with Gasteiger partial charge in [0.25, 0.3) is 0 Å². The normalized spacial score (nSPS) is 11.4. The van der Waals surface area contributed by atoms with Gasteiger partial charge >= 0.3 is 139 Å². The monoisotopic (exact) mass is 412 g/mol. The number of benzene rings is 1. The van der Waals surface area contributed by atoms with E-state index in [4.69, 9.17) is 24.1 Å². The summed E-state index contributed by atoms with van der Waals surface area (Å²) in [6.07, 6.45) is 4.21. The van der Waals surface area contributed by atoms with Gasteiger partial charge in [0.15, 0.2) is 0 Å². The van der Waals surface area contributed by atoms with E-state index in [1.54, 1.807) is 0 Å². The van der Waals surface area contributed by atoms with Crippen LogP contribution in [0.2, 0.25) is 0 Å². The zero-order valence-corrected chi connectivity index (χ0v) is 15.2. The van der Waals surface area contributed by atoms with Gasteiger partial charge in [0.2, 0.25) is 0 Å². The third-order valence-electron chi connectivity index (χ3n) is 2.77. The molecule has 0 aliphatic carbocycles. The van der Waals surface area contributed by atoms with Crippen LogP contribution in [-0.2, 0) is 20.1 Å². The summed E-state index contributed by atoms with van der Waals surface area (Å²) in [6.45, 7) is 4.82. The summed E-state index contributed by atoms with van der Waals surface area (Å²) in [5, 5.41) is 0. The third-order valence-corrected chi connectivity index (χ3v) is 4.60. The Balaban J connectivity index is 2.30. The van der Waals surface area contributed by atoms with Crippen molar-refractivity contribution in [2.24, 2.45) is 0 Å². The molecule has 0 unspecified atom stereocenters. The van der Waals surface area contributed by atoms with E-state index < -0.39 is 13.5 Å². The molecule has 1 heterocycles. The van der Waals surface area contributed by atoms with Crippen LogP contribution in [0.5, 0.6) is 5.75 Å². The first kappa shape index (κ1) is 16.6. The van der Waals surface area contributed by atoms with Crippen molar-refractivity contribution in [3.8, 4) is 5.75 Å². The van der Waals surface area contributed by atoms with E-state index >= 15 is 0 Å². The van der Waals surface area contributed by atoms with E-state index in [0.29, 0.717) is 0 Å². The number of ether oxygens (including phenoxy) is 1. The van der Waals surface area contributed by atoms with Crippen LogP contribution < -0.4 is 9.30 Å². The van der Waals surface area contributed by atoms with Gasteiger partial charge < -0.3 is 0 Å². The van der Waals surface area contributed by atoms with Gasteiger partial charge in [-0.15, -0.1) is 0 Å². The Morgan fingerprint density at radius 3 is 2.52 bits per heavy atom. The molecule has 0 spiro atoms. The predicted molar refractivity (Wildman–Crippen MR) is 84.8 cm³/mol. The molecule has 0 aliphatic heterocycles. The van der Waals surface area contributed by atoms with Gasteiger partial charge in [-0.2, -0.15) is 0 Å². The Morgan fingerprint density at radius 1 is 1.19 bits per heavy atom. The van der Waals surface area contributed by atoms with Gasteiger partial charge in [0, 0.05) is 0 Å². The molecule has 1 aromatic heterocycles. The van der Waals surface area contributed by atoms with Crippen LogP contribution in [0.4, 0.5) is 0 Å². The molecule has 21 heavy (non-hydrogen) atoms. The fourth-order valence-electron chi connectivity index (χ4n) is 1.97. The molecule has 0 saturated carbocycles. The number of nitrogens with zero attached hydrogens (tertiary/aromatic N) is 1. The summed E-state index contributed by atoms with van der Waals surface area (Å²) < 4.78 is 9.88. The van der Waals surface area contributed by atoms with Crippen molar-refractivity contribution in [2.75, 3.05) is 0 Å². The molecule has 0 N–H and O–H groups in total. The van der Waals surface area contributed by atoms with Crippen molar-refractivity contribution in [1.29, 1.82) is 0 Å². The van der Waals surface area contributed by atoms with E-state index in [0.717, 1.165) is 17.9 Å². The quantitative estimate of drug-likeness (QED) is 0.537. The van der Waals surface area contributed by atoms with Gasteiger partial charge in [-0.25, -0.2) is 0 Å². The maximum absolute atomic E-state index is 6.03. The number of aromatic nitrogens is 1. The summed E-state index contributed by atoms with van der Waals surface area (Å²) in [5.41, 5.74) is 2.18. The Kier molecular flexibility index (Phi) is 6.35. The average molecular weight is 412 g/mol. The molecule has 0 saturated heterocycles. The molecule has 2 rings (SSSR count). The summed E-state index contributed by atoms with van der Waals surface area (Å²) in [6, 6.07) is 12.2. The maximum atomic E-state index is 6.03. The molecular weight excluding hydrogens is 394 g/mol. The summed E-state index contributed by atoms with van der Waals surface area (Å²) in [5.74, 6) is 0.840.